The third-order valence-electron chi connectivity index (χ3n) is 3.54. The number of carbonyl (C=O) groups is 1. The number of anilines is 3. The number of fused-ring (bicyclic) bond motifs is 1. The van der Waals surface area contributed by atoms with Crippen molar-refractivity contribution >= 4 is 23.0 Å². The minimum atomic E-state index is -0.359. The SMILES string of the molecule is CN(C(=O)c1cccc2c1NCCN2)c1cccc(F)c1. The highest BCUT2D eigenvalue weighted by Crippen LogP contribution is 2.30. The zero-order valence-electron chi connectivity index (χ0n) is 11.7. The first-order valence-corrected chi connectivity index (χ1v) is 6.81. The van der Waals surface area contributed by atoms with Crippen LogP contribution in [0.5, 0.6) is 0 Å². The largest absolute Gasteiger partial charge is 0.382 e. The van der Waals surface area contributed by atoms with Gasteiger partial charge in [-0.15, -0.1) is 0 Å². The maximum Gasteiger partial charge on any atom is 0.260 e. The van der Waals surface area contributed by atoms with Gasteiger partial charge in [-0.3, -0.25) is 4.79 Å². The summed E-state index contributed by atoms with van der Waals surface area (Å²) in [5, 5.41) is 6.50. The average Bonchev–Trinajstić information content (AvgIpc) is 2.53. The van der Waals surface area contributed by atoms with Crippen molar-refractivity contribution in [1.82, 2.24) is 0 Å². The first-order valence-electron chi connectivity index (χ1n) is 6.81. The molecule has 0 fully saturated rings. The fraction of sp³-hybridized carbons (Fsp3) is 0.188. The Balaban J connectivity index is 1.95. The number of benzene rings is 2. The second kappa shape index (κ2) is 5.44. The predicted molar refractivity (Wildman–Crippen MR) is 82.6 cm³/mol. The molecule has 4 nitrogen and oxygen atoms in total. The molecular weight excluding hydrogens is 269 g/mol. The monoisotopic (exact) mass is 285 g/mol. The first-order chi connectivity index (χ1) is 10.2. The average molecular weight is 285 g/mol. The number of carbonyl (C=O) groups excluding carboxylic acids is 1. The van der Waals surface area contributed by atoms with Crippen molar-refractivity contribution in [3.05, 3.63) is 53.8 Å². The number of hydrogen-bond donors (Lipinski definition) is 2. The van der Waals surface area contributed by atoms with Gasteiger partial charge in [-0.05, 0) is 30.3 Å². The summed E-state index contributed by atoms with van der Waals surface area (Å²) in [4.78, 5) is 14.1. The first kappa shape index (κ1) is 13.4. The normalized spacial score (nSPS) is 12.9. The Hall–Kier alpha value is -2.56. The molecule has 1 aliphatic rings. The van der Waals surface area contributed by atoms with Crippen LogP contribution in [0.15, 0.2) is 42.5 Å². The van der Waals surface area contributed by atoms with Gasteiger partial charge in [-0.25, -0.2) is 4.39 Å². The van der Waals surface area contributed by atoms with Gasteiger partial charge in [0, 0.05) is 25.8 Å². The fourth-order valence-electron chi connectivity index (χ4n) is 2.44. The van der Waals surface area contributed by atoms with Crippen molar-refractivity contribution < 1.29 is 9.18 Å². The van der Waals surface area contributed by atoms with Crippen LogP contribution in [0, 0.1) is 5.82 Å². The third-order valence-corrected chi connectivity index (χ3v) is 3.54. The highest BCUT2D eigenvalue weighted by Gasteiger charge is 2.20. The Bertz CT molecular complexity index is 687. The second-order valence-corrected chi connectivity index (χ2v) is 4.93. The highest BCUT2D eigenvalue weighted by molar-refractivity contribution is 6.11. The lowest BCUT2D eigenvalue weighted by atomic mass is 10.1. The van der Waals surface area contributed by atoms with E-state index in [1.165, 1.54) is 17.0 Å². The van der Waals surface area contributed by atoms with E-state index in [-0.39, 0.29) is 11.7 Å². The second-order valence-electron chi connectivity index (χ2n) is 4.93. The Morgan fingerprint density at radius 2 is 1.90 bits per heavy atom. The van der Waals surface area contributed by atoms with Gasteiger partial charge in [-0.2, -0.15) is 0 Å². The molecule has 0 saturated carbocycles. The smallest absolute Gasteiger partial charge is 0.260 e. The molecule has 2 aromatic carbocycles. The van der Waals surface area contributed by atoms with Gasteiger partial charge in [0.1, 0.15) is 5.82 Å². The number of amides is 1. The molecule has 0 aromatic heterocycles. The summed E-state index contributed by atoms with van der Waals surface area (Å²) in [5.41, 5.74) is 2.82. The van der Waals surface area contributed by atoms with E-state index in [0.29, 0.717) is 11.3 Å². The van der Waals surface area contributed by atoms with Crippen LogP contribution in [0.1, 0.15) is 10.4 Å². The lowest BCUT2D eigenvalue weighted by Gasteiger charge is -2.24. The van der Waals surface area contributed by atoms with E-state index in [2.05, 4.69) is 10.6 Å². The molecular formula is C16H16FN3O. The molecule has 1 heterocycles. The van der Waals surface area contributed by atoms with Crippen LogP contribution in [0.3, 0.4) is 0 Å². The quantitative estimate of drug-likeness (QED) is 0.891. The van der Waals surface area contributed by atoms with Crippen molar-refractivity contribution in [3.63, 3.8) is 0 Å². The van der Waals surface area contributed by atoms with Crippen LogP contribution in [0.2, 0.25) is 0 Å². The lowest BCUT2D eigenvalue weighted by molar-refractivity contribution is 0.0993. The molecule has 0 saturated heterocycles. The van der Waals surface area contributed by atoms with E-state index in [1.807, 2.05) is 12.1 Å². The van der Waals surface area contributed by atoms with Crippen LogP contribution in [-0.4, -0.2) is 26.0 Å². The minimum absolute atomic E-state index is 0.173. The summed E-state index contributed by atoms with van der Waals surface area (Å²) in [7, 11) is 1.65. The molecule has 1 amide bonds. The van der Waals surface area contributed by atoms with Crippen molar-refractivity contribution in [3.8, 4) is 0 Å². The standard InChI is InChI=1S/C16H16FN3O/c1-20(12-5-2-4-11(17)10-12)16(21)13-6-3-7-14-15(13)19-9-8-18-14/h2-7,10,18-19H,8-9H2,1H3. The Morgan fingerprint density at radius 3 is 2.71 bits per heavy atom. The molecule has 0 spiro atoms. The van der Waals surface area contributed by atoms with Crippen LogP contribution >= 0.6 is 0 Å². The summed E-state index contributed by atoms with van der Waals surface area (Å²) < 4.78 is 13.3. The zero-order valence-corrected chi connectivity index (χ0v) is 11.7. The van der Waals surface area contributed by atoms with Gasteiger partial charge in [0.2, 0.25) is 0 Å². The van der Waals surface area contributed by atoms with Gasteiger partial charge in [-0.1, -0.05) is 12.1 Å². The molecule has 5 heteroatoms. The maximum atomic E-state index is 13.3. The Kier molecular flexibility index (Phi) is 3.48. The van der Waals surface area contributed by atoms with Gasteiger partial charge in [0.25, 0.3) is 5.91 Å². The Labute approximate surface area is 122 Å². The molecule has 21 heavy (non-hydrogen) atoms. The number of hydrogen-bond acceptors (Lipinski definition) is 3. The van der Waals surface area contributed by atoms with Crippen LogP contribution < -0.4 is 15.5 Å². The van der Waals surface area contributed by atoms with Crippen LogP contribution in [0.25, 0.3) is 0 Å². The molecule has 0 unspecified atom stereocenters. The van der Waals surface area contributed by atoms with Crippen molar-refractivity contribution in [2.24, 2.45) is 0 Å². The fourth-order valence-corrected chi connectivity index (χ4v) is 2.44. The van der Waals surface area contributed by atoms with E-state index < -0.39 is 0 Å². The minimum Gasteiger partial charge on any atom is -0.382 e. The molecule has 108 valence electrons. The van der Waals surface area contributed by atoms with Gasteiger partial charge >= 0.3 is 0 Å². The van der Waals surface area contributed by atoms with Gasteiger partial charge in [0.15, 0.2) is 0 Å². The summed E-state index contributed by atoms with van der Waals surface area (Å²) >= 11 is 0. The molecule has 1 aliphatic heterocycles. The molecule has 0 aliphatic carbocycles. The van der Waals surface area contributed by atoms with Gasteiger partial charge < -0.3 is 15.5 Å². The highest BCUT2D eigenvalue weighted by atomic mass is 19.1. The van der Waals surface area contributed by atoms with E-state index in [0.717, 1.165) is 24.5 Å². The summed E-state index contributed by atoms with van der Waals surface area (Å²) in [6.45, 7) is 1.59. The van der Waals surface area contributed by atoms with Crippen molar-refractivity contribution in [2.75, 3.05) is 35.7 Å². The van der Waals surface area contributed by atoms with Gasteiger partial charge in [0.05, 0.1) is 16.9 Å². The van der Waals surface area contributed by atoms with E-state index >= 15 is 0 Å². The number of halogens is 1. The molecule has 2 N–H and O–H groups in total. The third kappa shape index (κ3) is 2.54. The topological polar surface area (TPSA) is 44.4 Å². The summed E-state index contributed by atoms with van der Waals surface area (Å²) in [6, 6.07) is 11.6. The molecule has 0 radical (unpaired) electrons. The zero-order chi connectivity index (χ0) is 14.8. The predicted octanol–water partition coefficient (Wildman–Crippen LogP) is 2.94. The van der Waals surface area contributed by atoms with Crippen LogP contribution in [-0.2, 0) is 0 Å². The van der Waals surface area contributed by atoms with Crippen molar-refractivity contribution in [2.45, 2.75) is 0 Å². The summed E-state index contributed by atoms with van der Waals surface area (Å²) in [6.07, 6.45) is 0. The van der Waals surface area contributed by atoms with Crippen LogP contribution in [0.4, 0.5) is 21.5 Å². The number of para-hydroxylation sites is 1. The molecule has 0 atom stereocenters. The number of nitrogens with one attached hydrogen (secondary N) is 2. The Morgan fingerprint density at radius 1 is 1.14 bits per heavy atom. The van der Waals surface area contributed by atoms with Crippen molar-refractivity contribution in [1.29, 1.82) is 0 Å². The summed E-state index contributed by atoms with van der Waals surface area (Å²) in [5.74, 6) is -0.532. The maximum absolute atomic E-state index is 13.3. The number of nitrogens with zero attached hydrogens (tertiary/aromatic N) is 1. The number of rotatable bonds is 2. The van der Waals surface area contributed by atoms with E-state index in [1.54, 1.807) is 25.2 Å². The molecule has 2 aromatic rings. The lowest BCUT2D eigenvalue weighted by Crippen LogP contribution is -2.29. The molecule has 3 rings (SSSR count). The molecule has 0 bridgehead atoms. The van der Waals surface area contributed by atoms with E-state index in [4.69, 9.17) is 0 Å². The van der Waals surface area contributed by atoms with E-state index in [9.17, 15) is 9.18 Å².